The number of nitrogens with one attached hydrogen (secondary N) is 1. The highest BCUT2D eigenvalue weighted by Crippen LogP contribution is 2.26. The third kappa shape index (κ3) is 4.82. The zero-order valence-corrected chi connectivity index (χ0v) is 13.9. The summed E-state index contributed by atoms with van der Waals surface area (Å²) in [7, 11) is -2.27. The van der Waals surface area contributed by atoms with Crippen LogP contribution in [-0.4, -0.2) is 44.8 Å². The minimum atomic E-state index is -3.72. The van der Waals surface area contributed by atoms with Gasteiger partial charge in [-0.05, 0) is 31.4 Å². The summed E-state index contributed by atoms with van der Waals surface area (Å²) in [5, 5.41) is 10.2. The molecule has 0 bridgehead atoms. The van der Waals surface area contributed by atoms with Crippen molar-refractivity contribution in [1.29, 1.82) is 0 Å². The molecule has 0 amide bonds. The van der Waals surface area contributed by atoms with Gasteiger partial charge in [0.05, 0.1) is 22.6 Å². The molecule has 0 heterocycles. The Labute approximate surface area is 128 Å². The number of rotatable bonds is 7. The topological polar surface area (TPSA) is 75.6 Å². The molecule has 0 saturated heterocycles. The largest absolute Gasteiger partial charge is 0.495 e. The standard InChI is InChI=1S/C12H18ClNO4S2/c1-12(15,8-19-3)7-14-20(16,17)9-4-5-11(18-2)10(13)6-9/h4-6,14-15H,7-8H2,1-3H3/t12-/m0/s1. The Morgan fingerprint density at radius 3 is 2.65 bits per heavy atom. The summed E-state index contributed by atoms with van der Waals surface area (Å²) in [6, 6.07) is 4.19. The Kier molecular flexibility index (Phi) is 6.15. The van der Waals surface area contributed by atoms with Crippen molar-refractivity contribution in [3.05, 3.63) is 23.2 Å². The molecule has 0 saturated carbocycles. The lowest BCUT2D eigenvalue weighted by Gasteiger charge is -2.22. The van der Waals surface area contributed by atoms with Crippen LogP contribution >= 0.6 is 23.4 Å². The molecule has 1 atom stereocenters. The molecule has 1 rings (SSSR count). The van der Waals surface area contributed by atoms with Gasteiger partial charge in [0.1, 0.15) is 5.75 Å². The second-order valence-corrected chi connectivity index (χ2v) is 7.59. The SMILES string of the molecule is COc1ccc(S(=O)(=O)NC[C@](C)(O)CSC)cc1Cl. The zero-order valence-electron chi connectivity index (χ0n) is 11.5. The van der Waals surface area contributed by atoms with Crippen LogP contribution in [0.1, 0.15) is 6.92 Å². The number of hydrogen-bond acceptors (Lipinski definition) is 5. The van der Waals surface area contributed by atoms with E-state index in [0.29, 0.717) is 11.5 Å². The highest BCUT2D eigenvalue weighted by atomic mass is 35.5. The van der Waals surface area contributed by atoms with E-state index in [4.69, 9.17) is 16.3 Å². The first-order valence-corrected chi connectivity index (χ1v) is 9.02. The fourth-order valence-electron chi connectivity index (χ4n) is 1.51. The molecule has 0 radical (unpaired) electrons. The quantitative estimate of drug-likeness (QED) is 0.791. The third-order valence-corrected chi connectivity index (χ3v) is 5.14. The first-order chi connectivity index (χ1) is 9.22. The van der Waals surface area contributed by atoms with E-state index in [2.05, 4.69) is 4.72 Å². The number of ether oxygens (including phenoxy) is 1. The van der Waals surface area contributed by atoms with Crippen molar-refractivity contribution in [2.24, 2.45) is 0 Å². The van der Waals surface area contributed by atoms with Gasteiger partial charge in [0.25, 0.3) is 0 Å². The Morgan fingerprint density at radius 1 is 1.50 bits per heavy atom. The Bertz CT molecular complexity index is 561. The van der Waals surface area contributed by atoms with E-state index in [0.717, 1.165) is 0 Å². The zero-order chi connectivity index (χ0) is 15.4. The average molecular weight is 340 g/mol. The number of halogens is 1. The third-order valence-electron chi connectivity index (χ3n) is 2.53. The second kappa shape index (κ2) is 7.00. The Hall–Kier alpha value is -0.470. The summed E-state index contributed by atoms with van der Waals surface area (Å²) in [6.45, 7) is 1.51. The van der Waals surface area contributed by atoms with Crippen molar-refractivity contribution in [2.75, 3.05) is 25.7 Å². The Balaban J connectivity index is 2.87. The number of thioether (sulfide) groups is 1. The molecular formula is C12H18ClNO4S2. The summed E-state index contributed by atoms with van der Waals surface area (Å²) in [4.78, 5) is 0.0308. The molecule has 1 aromatic rings. The lowest BCUT2D eigenvalue weighted by Crippen LogP contribution is -2.42. The normalized spacial score (nSPS) is 14.8. The summed E-state index contributed by atoms with van der Waals surface area (Å²) < 4.78 is 31.6. The fourth-order valence-corrected chi connectivity index (χ4v) is 3.74. The van der Waals surface area contributed by atoms with Crippen molar-refractivity contribution in [3.8, 4) is 5.75 Å². The number of methoxy groups -OCH3 is 1. The van der Waals surface area contributed by atoms with Gasteiger partial charge in [-0.15, -0.1) is 0 Å². The molecule has 20 heavy (non-hydrogen) atoms. The maximum atomic E-state index is 12.1. The molecular weight excluding hydrogens is 322 g/mol. The van der Waals surface area contributed by atoms with Gasteiger partial charge in [0.2, 0.25) is 10.0 Å². The van der Waals surface area contributed by atoms with Gasteiger partial charge in [0, 0.05) is 12.3 Å². The van der Waals surface area contributed by atoms with Crippen LogP contribution in [0, 0.1) is 0 Å². The lowest BCUT2D eigenvalue weighted by molar-refractivity contribution is 0.0908. The average Bonchev–Trinajstić information content (AvgIpc) is 2.36. The van der Waals surface area contributed by atoms with Gasteiger partial charge in [-0.25, -0.2) is 13.1 Å². The van der Waals surface area contributed by atoms with Crippen molar-refractivity contribution < 1.29 is 18.3 Å². The predicted molar refractivity (Wildman–Crippen MR) is 82.2 cm³/mol. The molecule has 0 spiro atoms. The molecule has 5 nitrogen and oxygen atoms in total. The van der Waals surface area contributed by atoms with E-state index in [1.165, 1.54) is 37.1 Å². The van der Waals surface area contributed by atoms with Gasteiger partial charge in [-0.1, -0.05) is 11.6 Å². The molecule has 114 valence electrons. The summed E-state index contributed by atoms with van der Waals surface area (Å²) in [5.41, 5.74) is -1.11. The molecule has 0 aliphatic heterocycles. The van der Waals surface area contributed by atoms with E-state index in [1.807, 2.05) is 6.26 Å². The van der Waals surface area contributed by atoms with Crippen LogP contribution in [0.2, 0.25) is 5.02 Å². The molecule has 1 aromatic carbocycles. The molecule has 0 aliphatic rings. The number of hydrogen-bond donors (Lipinski definition) is 2. The van der Waals surface area contributed by atoms with Crippen LogP contribution in [0.4, 0.5) is 0 Å². The van der Waals surface area contributed by atoms with E-state index in [1.54, 1.807) is 6.92 Å². The van der Waals surface area contributed by atoms with E-state index < -0.39 is 15.6 Å². The van der Waals surface area contributed by atoms with Gasteiger partial charge in [0.15, 0.2) is 0 Å². The predicted octanol–water partition coefficient (Wildman–Crippen LogP) is 1.74. The Morgan fingerprint density at radius 2 is 2.15 bits per heavy atom. The highest BCUT2D eigenvalue weighted by molar-refractivity contribution is 7.98. The van der Waals surface area contributed by atoms with Crippen molar-refractivity contribution in [1.82, 2.24) is 4.72 Å². The van der Waals surface area contributed by atoms with Crippen LogP contribution in [0.5, 0.6) is 5.75 Å². The molecule has 2 N–H and O–H groups in total. The number of aliphatic hydroxyl groups is 1. The lowest BCUT2D eigenvalue weighted by atomic mass is 10.1. The van der Waals surface area contributed by atoms with Crippen LogP contribution in [-0.2, 0) is 10.0 Å². The van der Waals surface area contributed by atoms with Crippen LogP contribution < -0.4 is 9.46 Å². The monoisotopic (exact) mass is 339 g/mol. The van der Waals surface area contributed by atoms with Crippen LogP contribution in [0.25, 0.3) is 0 Å². The van der Waals surface area contributed by atoms with Gasteiger partial charge < -0.3 is 9.84 Å². The summed E-state index contributed by atoms with van der Waals surface area (Å²) in [6.07, 6.45) is 1.84. The van der Waals surface area contributed by atoms with E-state index in [-0.39, 0.29) is 16.5 Å². The first kappa shape index (κ1) is 17.6. The smallest absolute Gasteiger partial charge is 0.240 e. The number of benzene rings is 1. The van der Waals surface area contributed by atoms with Crippen LogP contribution in [0.3, 0.4) is 0 Å². The highest BCUT2D eigenvalue weighted by Gasteiger charge is 2.24. The first-order valence-electron chi connectivity index (χ1n) is 5.76. The van der Waals surface area contributed by atoms with Gasteiger partial charge >= 0.3 is 0 Å². The minimum Gasteiger partial charge on any atom is -0.495 e. The maximum Gasteiger partial charge on any atom is 0.240 e. The molecule has 0 aromatic heterocycles. The fraction of sp³-hybridized carbons (Fsp3) is 0.500. The van der Waals surface area contributed by atoms with E-state index in [9.17, 15) is 13.5 Å². The molecule has 0 unspecified atom stereocenters. The molecule has 0 aliphatic carbocycles. The van der Waals surface area contributed by atoms with Gasteiger partial charge in [-0.2, -0.15) is 11.8 Å². The molecule has 0 fully saturated rings. The minimum absolute atomic E-state index is 0.0308. The summed E-state index contributed by atoms with van der Waals surface area (Å²) >= 11 is 7.35. The van der Waals surface area contributed by atoms with Crippen molar-refractivity contribution in [2.45, 2.75) is 17.4 Å². The summed E-state index contributed by atoms with van der Waals surface area (Å²) in [5.74, 6) is 0.832. The van der Waals surface area contributed by atoms with Crippen LogP contribution in [0.15, 0.2) is 23.1 Å². The van der Waals surface area contributed by atoms with Crippen molar-refractivity contribution in [3.63, 3.8) is 0 Å². The number of sulfonamides is 1. The van der Waals surface area contributed by atoms with Gasteiger partial charge in [-0.3, -0.25) is 0 Å². The maximum absolute atomic E-state index is 12.1. The second-order valence-electron chi connectivity index (χ2n) is 4.55. The van der Waals surface area contributed by atoms with Crippen molar-refractivity contribution >= 4 is 33.4 Å². The molecule has 8 heteroatoms. The van der Waals surface area contributed by atoms with E-state index >= 15 is 0 Å².